The minimum atomic E-state index is -1.91. The number of esters is 3. The van der Waals surface area contributed by atoms with E-state index in [1.54, 1.807) is 0 Å². The molecule has 0 bridgehead atoms. The molecule has 1 aliphatic heterocycles. The van der Waals surface area contributed by atoms with Crippen molar-refractivity contribution >= 4 is 23.9 Å². The largest absolute Gasteiger partial charge is 0.479 e. The number of aliphatic hydroxyl groups excluding tert-OH is 2. The second kappa shape index (κ2) is 59.9. The fourth-order valence-electron chi connectivity index (χ4n) is 9.89. The molecule has 1 aliphatic rings. The van der Waals surface area contributed by atoms with Gasteiger partial charge in [0.15, 0.2) is 24.6 Å². The number of aliphatic hydroxyl groups is 2. The van der Waals surface area contributed by atoms with E-state index in [1.807, 2.05) is 0 Å². The standard InChI is InChI=1S/C73H122O12/c1-4-7-10-13-16-19-22-25-28-31-33-36-38-41-44-47-50-53-56-59-65(74)81-62-64(83-66(75)60-57-54-51-48-45-42-39-35-30-27-24-21-18-15-12-9-6-3)63-82-73-71(69(78)68(77)70(85-73)72(79)80)84-67(76)61-58-55-52-49-46-43-40-37-34-32-29-26-23-20-17-14-11-8-5-2/h7,10,16,18-19,21,25-30,33,36,41,44,64,68-71,73,77-78H,4-6,8-9,11-15,17,20,22-24,31-32,34-35,37-40,42-43,45-63H2,1-3H3,(H,79,80)/b10-7-,19-16-,21-18-,28-25-,29-26-,30-27-,36-33-,44-41-. The minimum absolute atomic E-state index is 0.0511. The molecule has 0 aromatic heterocycles. The predicted octanol–water partition coefficient (Wildman–Crippen LogP) is 18.8. The second-order valence-corrected chi connectivity index (χ2v) is 23.1. The first kappa shape index (κ1) is 78.7. The molecule has 0 saturated carbocycles. The number of aliphatic carboxylic acids is 1. The summed E-state index contributed by atoms with van der Waals surface area (Å²) in [6.07, 6.45) is 67.8. The number of rotatable bonds is 58. The number of hydrogen-bond donors (Lipinski definition) is 3. The van der Waals surface area contributed by atoms with Crippen molar-refractivity contribution in [2.75, 3.05) is 13.2 Å². The van der Waals surface area contributed by atoms with Crippen LogP contribution in [-0.4, -0.2) is 89.2 Å². The molecule has 0 aromatic rings. The molecule has 3 N–H and O–H groups in total. The lowest BCUT2D eigenvalue weighted by atomic mass is 9.98. The molecule has 12 nitrogen and oxygen atoms in total. The van der Waals surface area contributed by atoms with Crippen LogP contribution in [0.1, 0.15) is 290 Å². The van der Waals surface area contributed by atoms with E-state index >= 15 is 0 Å². The Balaban J connectivity index is 2.67. The summed E-state index contributed by atoms with van der Waals surface area (Å²) in [5, 5.41) is 31.7. The average Bonchev–Trinajstić information content (AvgIpc) is 3.51. The van der Waals surface area contributed by atoms with Crippen molar-refractivity contribution in [1.29, 1.82) is 0 Å². The predicted molar refractivity (Wildman–Crippen MR) is 349 cm³/mol. The van der Waals surface area contributed by atoms with Gasteiger partial charge in [0.2, 0.25) is 0 Å². The molecule has 0 aromatic carbocycles. The molecular formula is C73H122O12. The number of unbranched alkanes of at least 4 members (excludes halogenated alkanes) is 28. The van der Waals surface area contributed by atoms with Gasteiger partial charge in [0.25, 0.3) is 0 Å². The Morgan fingerprint density at radius 2 is 0.741 bits per heavy atom. The molecule has 1 rings (SSSR count). The number of carboxylic acid groups (broad SMARTS) is 1. The summed E-state index contributed by atoms with van der Waals surface area (Å²) in [6.45, 7) is 5.85. The number of hydrogen-bond acceptors (Lipinski definition) is 11. The van der Waals surface area contributed by atoms with Crippen LogP contribution in [0.5, 0.6) is 0 Å². The van der Waals surface area contributed by atoms with Crippen LogP contribution >= 0.6 is 0 Å². The van der Waals surface area contributed by atoms with Crippen LogP contribution < -0.4 is 0 Å². The van der Waals surface area contributed by atoms with Crippen LogP contribution in [0.25, 0.3) is 0 Å². The summed E-state index contributed by atoms with van der Waals surface area (Å²) < 4.78 is 28.6. The maximum absolute atomic E-state index is 13.2. The highest BCUT2D eigenvalue weighted by Gasteiger charge is 2.50. The van der Waals surface area contributed by atoms with Crippen LogP contribution in [-0.2, 0) is 42.9 Å². The SMILES string of the molecule is CC/C=C\C/C=C\C/C=C\C/C=C\C/C=C\CCCCCC(=O)OCC(COC1OC(C(=O)O)C(O)C(O)C1OC(=O)CCCCCCCCCCC/C=C\CCCCCCCC)OC(=O)CCCCCCCCC/C=C\C/C=C\CCCCC. The normalized spacial score (nSPS) is 18.1. The van der Waals surface area contributed by atoms with Gasteiger partial charge < -0.3 is 39.0 Å². The maximum atomic E-state index is 13.2. The van der Waals surface area contributed by atoms with Crippen molar-refractivity contribution in [2.45, 2.75) is 327 Å². The molecule has 6 atom stereocenters. The zero-order valence-electron chi connectivity index (χ0n) is 53.8. The average molecular weight is 1190 g/mol. The number of carboxylic acids is 1. The third kappa shape index (κ3) is 49.3. The third-order valence-electron chi connectivity index (χ3n) is 15.1. The Hall–Kier alpha value is -4.36. The molecule has 0 spiro atoms. The van der Waals surface area contributed by atoms with Crippen LogP contribution in [0.4, 0.5) is 0 Å². The monoisotopic (exact) mass is 1190 g/mol. The van der Waals surface area contributed by atoms with Crippen LogP contribution in [0, 0.1) is 0 Å². The smallest absolute Gasteiger partial charge is 0.335 e. The zero-order valence-corrected chi connectivity index (χ0v) is 53.8. The summed E-state index contributed by atoms with van der Waals surface area (Å²) in [5.74, 6) is -3.17. The van der Waals surface area contributed by atoms with Gasteiger partial charge in [0.1, 0.15) is 18.8 Å². The van der Waals surface area contributed by atoms with Crippen molar-refractivity contribution < 1.29 is 58.2 Å². The Labute approximate surface area is 517 Å². The van der Waals surface area contributed by atoms with Gasteiger partial charge in [0, 0.05) is 19.3 Å². The van der Waals surface area contributed by atoms with Crippen LogP contribution in [0.3, 0.4) is 0 Å². The van der Waals surface area contributed by atoms with E-state index < -0.39 is 67.3 Å². The Bertz CT molecular complexity index is 1840. The van der Waals surface area contributed by atoms with Gasteiger partial charge in [-0.2, -0.15) is 0 Å². The van der Waals surface area contributed by atoms with Gasteiger partial charge >= 0.3 is 23.9 Å². The van der Waals surface area contributed by atoms with E-state index in [4.69, 9.17) is 23.7 Å². The highest BCUT2D eigenvalue weighted by molar-refractivity contribution is 5.74. The molecular weight excluding hydrogens is 1070 g/mol. The van der Waals surface area contributed by atoms with E-state index in [-0.39, 0.29) is 25.9 Å². The molecule has 85 heavy (non-hydrogen) atoms. The number of allylic oxidation sites excluding steroid dienone is 16. The third-order valence-corrected chi connectivity index (χ3v) is 15.1. The Morgan fingerprint density at radius 3 is 1.18 bits per heavy atom. The molecule has 1 saturated heterocycles. The minimum Gasteiger partial charge on any atom is -0.479 e. The van der Waals surface area contributed by atoms with Gasteiger partial charge in [-0.1, -0.05) is 246 Å². The van der Waals surface area contributed by atoms with Gasteiger partial charge in [-0.25, -0.2) is 4.79 Å². The first-order chi connectivity index (χ1) is 41.6. The van der Waals surface area contributed by atoms with Gasteiger partial charge in [-0.05, 0) is 122 Å². The van der Waals surface area contributed by atoms with Crippen molar-refractivity contribution in [3.05, 3.63) is 97.2 Å². The molecule has 1 fully saturated rings. The van der Waals surface area contributed by atoms with Crippen LogP contribution in [0.2, 0.25) is 0 Å². The lowest BCUT2D eigenvalue weighted by Gasteiger charge is -2.40. The molecule has 1 heterocycles. The summed E-state index contributed by atoms with van der Waals surface area (Å²) in [4.78, 5) is 51.4. The Morgan fingerprint density at radius 1 is 0.400 bits per heavy atom. The molecule has 0 amide bonds. The second-order valence-electron chi connectivity index (χ2n) is 23.1. The van der Waals surface area contributed by atoms with Gasteiger partial charge in [0.05, 0.1) is 6.61 Å². The molecule has 486 valence electrons. The number of carbonyl (C=O) groups is 4. The molecule has 6 unspecified atom stereocenters. The highest BCUT2D eigenvalue weighted by atomic mass is 16.7. The fourth-order valence-corrected chi connectivity index (χ4v) is 9.89. The first-order valence-electron chi connectivity index (χ1n) is 34.2. The Kier molecular flexibility index (Phi) is 55.5. The lowest BCUT2D eigenvalue weighted by Crippen LogP contribution is -2.61. The summed E-state index contributed by atoms with van der Waals surface area (Å²) in [7, 11) is 0. The van der Waals surface area contributed by atoms with Crippen molar-refractivity contribution in [1.82, 2.24) is 0 Å². The fraction of sp³-hybridized carbons (Fsp3) is 0.726. The van der Waals surface area contributed by atoms with Crippen molar-refractivity contribution in [2.24, 2.45) is 0 Å². The lowest BCUT2D eigenvalue weighted by molar-refractivity contribution is -0.301. The number of carbonyl (C=O) groups excluding carboxylic acids is 3. The maximum Gasteiger partial charge on any atom is 0.335 e. The van der Waals surface area contributed by atoms with E-state index in [2.05, 4.69) is 118 Å². The quantitative estimate of drug-likeness (QED) is 0.0228. The summed E-state index contributed by atoms with van der Waals surface area (Å²) in [6, 6.07) is 0. The summed E-state index contributed by atoms with van der Waals surface area (Å²) >= 11 is 0. The van der Waals surface area contributed by atoms with E-state index in [0.29, 0.717) is 19.3 Å². The van der Waals surface area contributed by atoms with Crippen LogP contribution in [0.15, 0.2) is 97.2 Å². The molecule has 12 heteroatoms. The topological polar surface area (TPSA) is 175 Å². The first-order valence-corrected chi connectivity index (χ1v) is 34.2. The number of ether oxygens (including phenoxy) is 5. The van der Waals surface area contributed by atoms with Gasteiger partial charge in [-0.3, -0.25) is 14.4 Å². The van der Waals surface area contributed by atoms with E-state index in [0.717, 1.165) is 135 Å². The van der Waals surface area contributed by atoms with Gasteiger partial charge in [-0.15, -0.1) is 0 Å². The van der Waals surface area contributed by atoms with E-state index in [1.165, 1.54) is 96.3 Å². The summed E-state index contributed by atoms with van der Waals surface area (Å²) in [5.41, 5.74) is 0. The molecule has 0 radical (unpaired) electrons. The zero-order chi connectivity index (χ0) is 61.7. The highest BCUT2D eigenvalue weighted by Crippen LogP contribution is 2.27. The van der Waals surface area contributed by atoms with Crippen molar-refractivity contribution in [3.8, 4) is 0 Å². The van der Waals surface area contributed by atoms with Crippen molar-refractivity contribution in [3.63, 3.8) is 0 Å². The molecule has 0 aliphatic carbocycles. The van der Waals surface area contributed by atoms with E-state index in [9.17, 15) is 34.5 Å².